The summed E-state index contributed by atoms with van der Waals surface area (Å²) in [5.74, 6) is 0.712. The monoisotopic (exact) mass is 728 g/mol. The summed E-state index contributed by atoms with van der Waals surface area (Å²) in [6.45, 7) is 7.09. The first-order chi connectivity index (χ1) is 27.9. The van der Waals surface area contributed by atoms with E-state index in [-0.39, 0.29) is 10.8 Å². The van der Waals surface area contributed by atoms with Gasteiger partial charge in [0.05, 0.1) is 11.4 Å². The van der Waals surface area contributed by atoms with E-state index in [9.17, 15) is 0 Å². The van der Waals surface area contributed by atoms with Crippen molar-refractivity contribution in [1.29, 1.82) is 0 Å². The lowest BCUT2D eigenvalue weighted by Crippen LogP contribution is -2.22. The van der Waals surface area contributed by atoms with Gasteiger partial charge in [0, 0.05) is 27.5 Å². The van der Waals surface area contributed by atoms with E-state index in [1.807, 2.05) is 6.07 Å². The second-order valence-corrected chi connectivity index (χ2v) is 16.3. The van der Waals surface area contributed by atoms with Crippen LogP contribution < -0.4 is 0 Å². The van der Waals surface area contributed by atoms with Crippen LogP contribution in [0.2, 0.25) is 0 Å². The smallest absolute Gasteiger partial charge is 0.160 e. The van der Waals surface area contributed by atoms with Gasteiger partial charge in [-0.1, -0.05) is 178 Å². The van der Waals surface area contributed by atoms with Gasteiger partial charge in [-0.05, 0) is 103 Å². The molecule has 0 amide bonds. The van der Waals surface area contributed by atoms with Gasteiger partial charge in [0.2, 0.25) is 0 Å². The van der Waals surface area contributed by atoms with Crippen molar-refractivity contribution in [3.05, 3.63) is 216 Å². The van der Waals surface area contributed by atoms with E-state index in [0.29, 0.717) is 5.82 Å². The Morgan fingerprint density at radius 1 is 0.351 bits per heavy atom. The van der Waals surface area contributed by atoms with Gasteiger partial charge in [0.25, 0.3) is 0 Å². The number of nitrogens with zero attached hydrogens (tertiary/aromatic N) is 2. The molecule has 2 heteroatoms. The topological polar surface area (TPSA) is 25.8 Å². The summed E-state index contributed by atoms with van der Waals surface area (Å²) < 4.78 is 0. The third-order valence-corrected chi connectivity index (χ3v) is 12.8. The first-order valence-corrected chi connectivity index (χ1v) is 19.9. The van der Waals surface area contributed by atoms with Gasteiger partial charge < -0.3 is 0 Å². The van der Waals surface area contributed by atoms with E-state index in [0.717, 1.165) is 33.6 Å². The number of aromatic nitrogens is 2. The average Bonchev–Trinajstić information content (AvgIpc) is 3.66. The minimum Gasteiger partial charge on any atom is -0.228 e. The Bertz CT molecular complexity index is 3050. The molecule has 0 spiro atoms. The zero-order valence-corrected chi connectivity index (χ0v) is 32.3. The van der Waals surface area contributed by atoms with Gasteiger partial charge in [0.1, 0.15) is 0 Å². The summed E-state index contributed by atoms with van der Waals surface area (Å²) in [5.41, 5.74) is 18.8. The van der Waals surface area contributed by atoms with Crippen LogP contribution in [0.3, 0.4) is 0 Å². The highest BCUT2D eigenvalue weighted by Crippen LogP contribution is 2.55. The number of hydrogen-bond donors (Lipinski definition) is 0. The van der Waals surface area contributed by atoms with E-state index in [1.54, 1.807) is 0 Å². The largest absolute Gasteiger partial charge is 0.228 e. The fraction of sp³-hybridized carbons (Fsp3) is 0.0909. The molecule has 0 radical (unpaired) electrons. The maximum absolute atomic E-state index is 5.35. The molecule has 0 saturated heterocycles. The first kappa shape index (κ1) is 33.4. The highest BCUT2D eigenvalue weighted by Gasteiger charge is 2.41. The minimum atomic E-state index is -0.258. The summed E-state index contributed by atoms with van der Waals surface area (Å²) in [5, 5.41) is 2.54. The van der Waals surface area contributed by atoms with Crippen molar-refractivity contribution in [3.63, 3.8) is 0 Å². The summed E-state index contributed by atoms with van der Waals surface area (Å²) in [7, 11) is 0. The van der Waals surface area contributed by atoms with Crippen molar-refractivity contribution in [2.24, 2.45) is 0 Å². The van der Waals surface area contributed by atoms with E-state index >= 15 is 0 Å². The Morgan fingerprint density at radius 3 is 1.74 bits per heavy atom. The highest BCUT2D eigenvalue weighted by molar-refractivity contribution is 6.01. The molecule has 1 aromatic heterocycles. The lowest BCUT2D eigenvalue weighted by Gasteiger charge is -2.28. The second kappa shape index (κ2) is 12.6. The number of fused-ring (bicyclic) bond motifs is 7. The van der Waals surface area contributed by atoms with Gasteiger partial charge in [-0.2, -0.15) is 0 Å². The molecule has 2 nitrogen and oxygen atoms in total. The molecular weight excluding hydrogens is 689 g/mol. The van der Waals surface area contributed by atoms with E-state index in [4.69, 9.17) is 9.97 Å². The number of benzene rings is 8. The molecule has 0 saturated carbocycles. The quantitative estimate of drug-likeness (QED) is 0.176. The average molecular weight is 729 g/mol. The van der Waals surface area contributed by atoms with Crippen LogP contribution in [0.1, 0.15) is 48.6 Å². The number of rotatable bonds is 5. The molecule has 1 unspecified atom stereocenters. The number of hydrogen-bond acceptors (Lipinski definition) is 2. The molecule has 0 N–H and O–H groups in total. The molecule has 0 bridgehead atoms. The predicted octanol–water partition coefficient (Wildman–Crippen LogP) is 13.9. The van der Waals surface area contributed by atoms with E-state index < -0.39 is 0 Å². The molecule has 1 atom stereocenters. The van der Waals surface area contributed by atoms with Crippen LogP contribution in [0.25, 0.3) is 78.1 Å². The second-order valence-electron chi connectivity index (χ2n) is 16.3. The Morgan fingerprint density at radius 2 is 0.947 bits per heavy atom. The minimum absolute atomic E-state index is 0.134. The Kier molecular flexibility index (Phi) is 7.37. The fourth-order valence-electron chi connectivity index (χ4n) is 9.83. The molecule has 11 rings (SSSR count). The van der Waals surface area contributed by atoms with Crippen LogP contribution in [0.4, 0.5) is 0 Å². The summed E-state index contributed by atoms with van der Waals surface area (Å²) in [4.78, 5) is 10.7. The van der Waals surface area contributed by atoms with Crippen molar-refractivity contribution in [1.82, 2.24) is 9.97 Å². The fourth-order valence-corrected chi connectivity index (χ4v) is 9.83. The molecule has 57 heavy (non-hydrogen) atoms. The normalized spacial score (nSPS) is 15.8. The third-order valence-electron chi connectivity index (χ3n) is 12.8. The van der Waals surface area contributed by atoms with Gasteiger partial charge in [0.15, 0.2) is 5.82 Å². The molecular formula is C55H40N2. The zero-order chi connectivity index (χ0) is 38.3. The Hall–Kier alpha value is -6.90. The van der Waals surface area contributed by atoms with Gasteiger partial charge >= 0.3 is 0 Å². The molecule has 0 aliphatic heterocycles. The maximum Gasteiger partial charge on any atom is 0.160 e. The maximum atomic E-state index is 5.35. The van der Waals surface area contributed by atoms with Crippen LogP contribution in [0.5, 0.6) is 0 Å². The molecule has 1 heterocycles. The van der Waals surface area contributed by atoms with Crippen molar-refractivity contribution in [2.75, 3.05) is 0 Å². The van der Waals surface area contributed by atoms with E-state index in [1.165, 1.54) is 66.4 Å². The predicted molar refractivity (Wildman–Crippen MR) is 236 cm³/mol. The Balaban J connectivity index is 1.11. The summed E-state index contributed by atoms with van der Waals surface area (Å²) in [6.07, 6.45) is 0. The molecule has 9 aromatic rings. The molecule has 270 valence electrons. The zero-order valence-electron chi connectivity index (χ0n) is 32.3. The molecule has 8 aromatic carbocycles. The van der Waals surface area contributed by atoms with Crippen LogP contribution >= 0.6 is 0 Å². The van der Waals surface area contributed by atoms with Crippen molar-refractivity contribution in [2.45, 2.75) is 31.6 Å². The molecule has 2 aliphatic rings. The third kappa shape index (κ3) is 5.03. The summed E-state index contributed by atoms with van der Waals surface area (Å²) >= 11 is 0. The van der Waals surface area contributed by atoms with Crippen LogP contribution in [-0.4, -0.2) is 9.97 Å². The molecule has 2 aliphatic carbocycles. The lowest BCUT2D eigenvalue weighted by atomic mass is 9.74. The van der Waals surface area contributed by atoms with Crippen molar-refractivity contribution >= 4 is 10.8 Å². The van der Waals surface area contributed by atoms with Crippen LogP contribution in [0.15, 0.2) is 188 Å². The van der Waals surface area contributed by atoms with Crippen LogP contribution in [0, 0.1) is 0 Å². The van der Waals surface area contributed by atoms with Gasteiger partial charge in [-0.15, -0.1) is 0 Å². The Labute approximate surface area is 334 Å². The lowest BCUT2D eigenvalue weighted by molar-refractivity contribution is 0.661. The molecule has 0 fully saturated rings. The highest BCUT2D eigenvalue weighted by atomic mass is 14.9. The standard InChI is InChI=1S/C55H40N2/c1-54(2)48-28-16-26-43(52(48)45-31-36-19-10-11-20-37(36)33-49(45)54)40-23-12-13-25-42(40)51-34-50(56-53(57-51)35-17-6-4-7-18-35)38-29-30-47-44(32-38)41-24-14-15-27-46(41)55(47,3)39-21-8-5-9-22-39/h4-34H,1-3H3. The summed E-state index contributed by atoms with van der Waals surface area (Å²) in [6, 6.07) is 68.4. The van der Waals surface area contributed by atoms with Crippen LogP contribution in [-0.2, 0) is 10.8 Å². The SMILES string of the molecule is CC1(C)c2cc3ccccc3cc2-c2c(-c3ccccc3-c3cc(-c4ccc5c(c4)-c4ccccc4C5(C)c4ccccc4)nc(-c4ccccc4)n3)cccc21. The van der Waals surface area contributed by atoms with Crippen molar-refractivity contribution < 1.29 is 0 Å². The first-order valence-electron chi connectivity index (χ1n) is 19.9. The van der Waals surface area contributed by atoms with E-state index in [2.05, 4.69) is 203 Å². The van der Waals surface area contributed by atoms with Gasteiger partial charge in [-0.3, -0.25) is 0 Å². The van der Waals surface area contributed by atoms with Crippen molar-refractivity contribution in [3.8, 4) is 67.3 Å². The van der Waals surface area contributed by atoms with Gasteiger partial charge in [-0.25, -0.2) is 9.97 Å².